The summed E-state index contributed by atoms with van der Waals surface area (Å²) in [4.78, 5) is 11.3. The SMILES string of the molecule is NC(=O)c1cccc(N)c1Nc1c(F)cc(F)cc1Cl. The number of amides is 1. The number of carbonyl (C=O) groups is 1. The van der Waals surface area contributed by atoms with Crippen LogP contribution in [-0.2, 0) is 0 Å². The van der Waals surface area contributed by atoms with E-state index >= 15 is 0 Å². The summed E-state index contributed by atoms with van der Waals surface area (Å²) >= 11 is 5.77. The molecular formula is C13H10ClF2N3O. The number of primary amides is 1. The highest BCUT2D eigenvalue weighted by Crippen LogP contribution is 2.33. The van der Waals surface area contributed by atoms with E-state index in [-0.39, 0.29) is 27.6 Å². The molecule has 0 aliphatic rings. The van der Waals surface area contributed by atoms with Crippen molar-refractivity contribution in [3.63, 3.8) is 0 Å². The van der Waals surface area contributed by atoms with Crippen molar-refractivity contribution >= 4 is 34.6 Å². The van der Waals surface area contributed by atoms with Crippen molar-refractivity contribution in [2.24, 2.45) is 5.73 Å². The van der Waals surface area contributed by atoms with E-state index in [1.54, 1.807) is 0 Å². The van der Waals surface area contributed by atoms with Gasteiger partial charge < -0.3 is 16.8 Å². The monoisotopic (exact) mass is 297 g/mol. The average Bonchev–Trinajstić information content (AvgIpc) is 2.34. The van der Waals surface area contributed by atoms with Crippen LogP contribution in [0.4, 0.5) is 25.8 Å². The van der Waals surface area contributed by atoms with Gasteiger partial charge in [0.1, 0.15) is 5.82 Å². The lowest BCUT2D eigenvalue weighted by Gasteiger charge is -2.14. The van der Waals surface area contributed by atoms with Crippen LogP contribution in [0.2, 0.25) is 5.02 Å². The summed E-state index contributed by atoms with van der Waals surface area (Å²) < 4.78 is 26.7. The Kier molecular flexibility index (Phi) is 3.76. The summed E-state index contributed by atoms with van der Waals surface area (Å²) in [7, 11) is 0. The molecule has 4 nitrogen and oxygen atoms in total. The molecule has 0 fully saturated rings. The molecule has 0 heterocycles. The number of rotatable bonds is 3. The van der Waals surface area contributed by atoms with Crippen LogP contribution in [0, 0.1) is 11.6 Å². The third kappa shape index (κ3) is 2.65. The first kappa shape index (κ1) is 14.1. The predicted molar refractivity (Wildman–Crippen MR) is 74.0 cm³/mol. The lowest BCUT2D eigenvalue weighted by Crippen LogP contribution is -2.14. The van der Waals surface area contributed by atoms with Crippen LogP contribution in [-0.4, -0.2) is 5.91 Å². The Morgan fingerprint density at radius 3 is 2.50 bits per heavy atom. The minimum absolute atomic E-state index is 0.0739. The molecule has 0 aliphatic heterocycles. The van der Waals surface area contributed by atoms with Crippen LogP contribution < -0.4 is 16.8 Å². The van der Waals surface area contributed by atoms with Crippen molar-refractivity contribution in [2.75, 3.05) is 11.1 Å². The zero-order chi connectivity index (χ0) is 14.9. The van der Waals surface area contributed by atoms with Crippen LogP contribution in [0.5, 0.6) is 0 Å². The average molecular weight is 298 g/mol. The summed E-state index contributed by atoms with van der Waals surface area (Å²) in [5.74, 6) is -2.46. The van der Waals surface area contributed by atoms with Crippen LogP contribution in [0.15, 0.2) is 30.3 Å². The summed E-state index contributed by atoms with van der Waals surface area (Å²) in [6.07, 6.45) is 0. The number of para-hydroxylation sites is 1. The molecule has 0 bridgehead atoms. The van der Waals surface area contributed by atoms with E-state index in [0.717, 1.165) is 6.07 Å². The van der Waals surface area contributed by atoms with Gasteiger partial charge in [-0.15, -0.1) is 0 Å². The lowest BCUT2D eigenvalue weighted by atomic mass is 10.1. The summed E-state index contributed by atoms with van der Waals surface area (Å²) in [5.41, 5.74) is 11.1. The van der Waals surface area contributed by atoms with E-state index in [1.165, 1.54) is 18.2 Å². The zero-order valence-electron chi connectivity index (χ0n) is 10.1. The third-order valence-corrected chi connectivity index (χ3v) is 2.92. The van der Waals surface area contributed by atoms with Crippen molar-refractivity contribution in [3.05, 3.63) is 52.6 Å². The molecule has 0 aliphatic carbocycles. The number of benzene rings is 2. The normalized spacial score (nSPS) is 10.3. The Hall–Kier alpha value is -2.34. The second-order valence-corrected chi connectivity index (χ2v) is 4.41. The maximum atomic E-state index is 13.7. The summed E-state index contributed by atoms with van der Waals surface area (Å²) in [6, 6.07) is 6.07. The molecule has 5 N–H and O–H groups in total. The molecule has 2 aromatic rings. The van der Waals surface area contributed by atoms with Gasteiger partial charge in [0.15, 0.2) is 5.82 Å². The predicted octanol–water partition coefficient (Wildman–Crippen LogP) is 3.04. The molecule has 0 aromatic heterocycles. The molecule has 0 unspecified atom stereocenters. The zero-order valence-corrected chi connectivity index (χ0v) is 10.8. The van der Waals surface area contributed by atoms with Crippen molar-refractivity contribution in [2.45, 2.75) is 0 Å². The topological polar surface area (TPSA) is 81.1 Å². The van der Waals surface area contributed by atoms with Crippen LogP contribution in [0.1, 0.15) is 10.4 Å². The molecule has 0 saturated carbocycles. The van der Waals surface area contributed by atoms with Crippen LogP contribution in [0.3, 0.4) is 0 Å². The van der Waals surface area contributed by atoms with E-state index in [2.05, 4.69) is 5.32 Å². The van der Waals surface area contributed by atoms with Crippen molar-refractivity contribution in [1.82, 2.24) is 0 Å². The lowest BCUT2D eigenvalue weighted by molar-refractivity contribution is 0.100. The molecule has 0 saturated heterocycles. The fourth-order valence-electron chi connectivity index (χ4n) is 1.70. The fraction of sp³-hybridized carbons (Fsp3) is 0. The van der Waals surface area contributed by atoms with Crippen LogP contribution >= 0.6 is 11.6 Å². The Morgan fingerprint density at radius 1 is 1.20 bits per heavy atom. The van der Waals surface area contributed by atoms with E-state index in [1.807, 2.05) is 0 Å². The highest BCUT2D eigenvalue weighted by molar-refractivity contribution is 6.33. The molecule has 0 radical (unpaired) electrons. The molecule has 104 valence electrons. The number of hydrogen-bond donors (Lipinski definition) is 3. The van der Waals surface area contributed by atoms with Crippen LogP contribution in [0.25, 0.3) is 0 Å². The maximum absolute atomic E-state index is 13.7. The first-order valence-electron chi connectivity index (χ1n) is 5.50. The number of carbonyl (C=O) groups excluding carboxylic acids is 1. The molecule has 2 aromatic carbocycles. The number of nitrogen functional groups attached to an aromatic ring is 1. The number of nitrogens with one attached hydrogen (secondary N) is 1. The molecule has 0 spiro atoms. The van der Waals surface area contributed by atoms with Crippen molar-refractivity contribution in [1.29, 1.82) is 0 Å². The Morgan fingerprint density at radius 2 is 1.90 bits per heavy atom. The number of nitrogens with two attached hydrogens (primary N) is 2. The van der Waals surface area contributed by atoms with Gasteiger partial charge in [0.2, 0.25) is 0 Å². The standard InChI is InChI=1S/C13H10ClF2N3O/c14-8-4-6(15)5-9(16)12(8)19-11-7(13(18)20)2-1-3-10(11)17/h1-5,19H,17H2,(H2,18,20). The highest BCUT2D eigenvalue weighted by atomic mass is 35.5. The van der Waals surface area contributed by atoms with Gasteiger partial charge in [-0.3, -0.25) is 4.79 Å². The van der Waals surface area contributed by atoms with Gasteiger partial charge in [-0.25, -0.2) is 8.78 Å². The third-order valence-electron chi connectivity index (χ3n) is 2.62. The molecule has 7 heteroatoms. The highest BCUT2D eigenvalue weighted by Gasteiger charge is 2.16. The van der Waals surface area contributed by atoms with E-state index in [0.29, 0.717) is 6.07 Å². The number of hydrogen-bond acceptors (Lipinski definition) is 3. The Labute approximate surface area is 118 Å². The minimum atomic E-state index is -0.909. The van der Waals surface area contributed by atoms with Gasteiger partial charge in [0.05, 0.1) is 27.6 Å². The second-order valence-electron chi connectivity index (χ2n) is 4.00. The summed E-state index contributed by atoms with van der Waals surface area (Å²) in [6.45, 7) is 0. The quantitative estimate of drug-likeness (QED) is 0.762. The molecule has 0 atom stereocenters. The van der Waals surface area contributed by atoms with Crippen molar-refractivity contribution in [3.8, 4) is 0 Å². The van der Waals surface area contributed by atoms with Gasteiger partial charge in [-0.1, -0.05) is 17.7 Å². The van der Waals surface area contributed by atoms with E-state index in [9.17, 15) is 13.6 Å². The van der Waals surface area contributed by atoms with Gasteiger partial charge in [0, 0.05) is 6.07 Å². The van der Waals surface area contributed by atoms with Crippen molar-refractivity contribution < 1.29 is 13.6 Å². The number of halogens is 3. The second kappa shape index (κ2) is 5.34. The number of anilines is 3. The summed E-state index contributed by atoms with van der Waals surface area (Å²) in [5, 5.41) is 2.41. The fourth-order valence-corrected chi connectivity index (χ4v) is 1.94. The smallest absolute Gasteiger partial charge is 0.250 e. The molecule has 20 heavy (non-hydrogen) atoms. The Bertz CT molecular complexity index is 668. The molecule has 2 rings (SSSR count). The maximum Gasteiger partial charge on any atom is 0.250 e. The van der Waals surface area contributed by atoms with E-state index < -0.39 is 17.5 Å². The van der Waals surface area contributed by atoms with E-state index in [4.69, 9.17) is 23.1 Å². The first-order chi connectivity index (χ1) is 9.40. The van der Waals surface area contributed by atoms with Gasteiger partial charge in [-0.2, -0.15) is 0 Å². The largest absolute Gasteiger partial charge is 0.397 e. The van der Waals surface area contributed by atoms with Gasteiger partial charge in [-0.05, 0) is 18.2 Å². The van der Waals surface area contributed by atoms with Gasteiger partial charge in [0.25, 0.3) is 5.91 Å². The first-order valence-corrected chi connectivity index (χ1v) is 5.88. The molecule has 1 amide bonds. The van der Waals surface area contributed by atoms with Gasteiger partial charge >= 0.3 is 0 Å². The molecular weight excluding hydrogens is 288 g/mol. The Balaban J connectivity index is 2.53. The minimum Gasteiger partial charge on any atom is -0.397 e.